The van der Waals surface area contributed by atoms with Crippen LogP contribution in [0.15, 0.2) is 0 Å². The first-order chi connectivity index (χ1) is 10.6. The molecule has 2 heterocycles. The Bertz CT molecular complexity index is 434. The third kappa shape index (κ3) is 3.45. The van der Waals surface area contributed by atoms with E-state index in [1.165, 1.54) is 25.7 Å². The van der Waals surface area contributed by atoms with Crippen molar-refractivity contribution in [2.75, 3.05) is 39.9 Å². The van der Waals surface area contributed by atoms with Crippen LogP contribution in [0.5, 0.6) is 0 Å². The molecule has 0 aromatic rings. The zero-order chi connectivity index (χ0) is 15.6. The number of carbonyl (C=O) groups excluding carboxylic acids is 2. The summed E-state index contributed by atoms with van der Waals surface area (Å²) < 4.78 is 5.56. The number of likely N-dealkylation sites (N-methyl/N-ethyl adjacent to an activating group) is 1. The molecule has 22 heavy (non-hydrogen) atoms. The average Bonchev–Trinajstić information content (AvgIpc) is 3.12. The number of ether oxygens (including phenoxy) is 1. The zero-order valence-corrected chi connectivity index (χ0v) is 13.7. The number of hydrogen-bond donors (Lipinski definition) is 0. The second-order valence-corrected chi connectivity index (χ2v) is 7.50. The van der Waals surface area contributed by atoms with Gasteiger partial charge in [0.05, 0.1) is 6.61 Å². The van der Waals surface area contributed by atoms with Gasteiger partial charge in [0.25, 0.3) is 0 Å². The first kappa shape index (κ1) is 15.8. The molecule has 5 heteroatoms. The molecule has 0 aromatic heterocycles. The summed E-state index contributed by atoms with van der Waals surface area (Å²) in [5.74, 6) is 1.11. The zero-order valence-electron chi connectivity index (χ0n) is 13.7. The maximum atomic E-state index is 12.5. The van der Waals surface area contributed by atoms with Gasteiger partial charge in [0.2, 0.25) is 11.8 Å². The Kier molecular flexibility index (Phi) is 4.71. The van der Waals surface area contributed by atoms with E-state index in [0.29, 0.717) is 25.5 Å². The minimum Gasteiger partial charge on any atom is -0.371 e. The molecule has 1 unspecified atom stereocenters. The van der Waals surface area contributed by atoms with Gasteiger partial charge in [-0.3, -0.25) is 9.59 Å². The van der Waals surface area contributed by atoms with Crippen LogP contribution in [0.3, 0.4) is 0 Å². The third-order valence-corrected chi connectivity index (χ3v) is 5.66. The van der Waals surface area contributed by atoms with Crippen LogP contribution in [0.25, 0.3) is 0 Å². The smallest absolute Gasteiger partial charge is 0.248 e. The predicted molar refractivity (Wildman–Crippen MR) is 83.3 cm³/mol. The summed E-state index contributed by atoms with van der Waals surface area (Å²) in [6.45, 7) is 3.03. The van der Waals surface area contributed by atoms with E-state index in [1.807, 2.05) is 11.9 Å². The number of amides is 2. The number of likely N-dealkylation sites (tertiary alicyclic amines) is 1. The maximum absolute atomic E-state index is 12.5. The first-order valence-corrected chi connectivity index (χ1v) is 8.67. The summed E-state index contributed by atoms with van der Waals surface area (Å²) in [7, 11) is 1.84. The summed E-state index contributed by atoms with van der Waals surface area (Å²) in [5, 5.41) is 0. The van der Waals surface area contributed by atoms with Gasteiger partial charge in [0.15, 0.2) is 0 Å². The van der Waals surface area contributed by atoms with Crippen molar-refractivity contribution in [3.8, 4) is 0 Å². The van der Waals surface area contributed by atoms with E-state index in [0.717, 1.165) is 31.8 Å². The molecule has 2 aliphatic heterocycles. The molecule has 0 aromatic carbocycles. The molecule has 3 fully saturated rings. The Labute approximate surface area is 133 Å². The monoisotopic (exact) mass is 308 g/mol. The summed E-state index contributed by atoms with van der Waals surface area (Å²) in [6, 6.07) is 0. The maximum Gasteiger partial charge on any atom is 0.248 e. The van der Waals surface area contributed by atoms with Crippen LogP contribution < -0.4 is 0 Å². The van der Waals surface area contributed by atoms with Crippen molar-refractivity contribution in [1.82, 2.24) is 9.80 Å². The molecule has 1 spiro atoms. The second-order valence-electron chi connectivity index (χ2n) is 7.50. The fourth-order valence-corrected chi connectivity index (χ4v) is 4.28. The highest BCUT2D eigenvalue weighted by Gasteiger charge is 2.43. The number of carbonyl (C=O) groups is 2. The highest BCUT2D eigenvalue weighted by Crippen LogP contribution is 2.34. The number of rotatable bonds is 3. The predicted octanol–water partition coefficient (Wildman–Crippen LogP) is 1.66. The van der Waals surface area contributed by atoms with Gasteiger partial charge in [-0.25, -0.2) is 0 Å². The quantitative estimate of drug-likeness (QED) is 0.797. The minimum absolute atomic E-state index is 0.0443. The van der Waals surface area contributed by atoms with Crippen molar-refractivity contribution in [2.45, 2.75) is 44.9 Å². The molecule has 124 valence electrons. The molecule has 3 rings (SSSR count). The second kappa shape index (κ2) is 6.57. The number of nitrogens with zero attached hydrogens (tertiary/aromatic N) is 2. The lowest BCUT2D eigenvalue weighted by atomic mass is 9.88. The Morgan fingerprint density at radius 1 is 1.32 bits per heavy atom. The molecule has 1 atom stereocenters. The van der Waals surface area contributed by atoms with Crippen LogP contribution >= 0.6 is 0 Å². The molecular formula is C17H28N2O3. The van der Waals surface area contributed by atoms with E-state index in [-0.39, 0.29) is 17.9 Å². The van der Waals surface area contributed by atoms with Crippen LogP contribution in [0, 0.1) is 11.3 Å². The minimum atomic E-state index is -0.0517. The third-order valence-electron chi connectivity index (χ3n) is 5.66. The van der Waals surface area contributed by atoms with E-state index in [1.54, 1.807) is 4.90 Å². The molecule has 0 radical (unpaired) electrons. The molecule has 2 amide bonds. The molecule has 5 nitrogen and oxygen atoms in total. The van der Waals surface area contributed by atoms with Gasteiger partial charge in [0, 0.05) is 38.5 Å². The van der Waals surface area contributed by atoms with E-state index in [2.05, 4.69) is 0 Å². The molecule has 1 aliphatic carbocycles. The SMILES string of the molecule is CN1CC2(CCN(C(=O)CCC3CCCC3)C2)COCC1=O. The Hall–Kier alpha value is -1.10. The van der Waals surface area contributed by atoms with Gasteiger partial charge < -0.3 is 14.5 Å². The standard InChI is InChI=1S/C17H28N2O3/c1-18-11-17(13-22-10-16(18)21)8-9-19(12-17)15(20)7-6-14-4-2-3-5-14/h14H,2-13H2,1H3. The van der Waals surface area contributed by atoms with E-state index >= 15 is 0 Å². The van der Waals surface area contributed by atoms with E-state index in [4.69, 9.17) is 4.74 Å². The van der Waals surface area contributed by atoms with Crippen molar-refractivity contribution >= 4 is 11.8 Å². The summed E-state index contributed by atoms with van der Waals surface area (Å²) in [4.78, 5) is 28.0. The van der Waals surface area contributed by atoms with Crippen LogP contribution in [0.4, 0.5) is 0 Å². The highest BCUT2D eigenvalue weighted by atomic mass is 16.5. The Morgan fingerprint density at radius 2 is 2.09 bits per heavy atom. The van der Waals surface area contributed by atoms with E-state index < -0.39 is 0 Å². The van der Waals surface area contributed by atoms with Gasteiger partial charge in [-0.15, -0.1) is 0 Å². The average molecular weight is 308 g/mol. The summed E-state index contributed by atoms with van der Waals surface area (Å²) >= 11 is 0. The normalized spacial score (nSPS) is 30.3. The largest absolute Gasteiger partial charge is 0.371 e. The fourth-order valence-electron chi connectivity index (χ4n) is 4.28. The molecule has 1 saturated carbocycles. The highest BCUT2D eigenvalue weighted by molar-refractivity contribution is 5.78. The van der Waals surface area contributed by atoms with Crippen molar-refractivity contribution in [3.05, 3.63) is 0 Å². The van der Waals surface area contributed by atoms with Crippen LogP contribution in [-0.4, -0.2) is 61.5 Å². The van der Waals surface area contributed by atoms with Gasteiger partial charge in [-0.1, -0.05) is 25.7 Å². The fraction of sp³-hybridized carbons (Fsp3) is 0.882. The van der Waals surface area contributed by atoms with Gasteiger partial charge in [0.1, 0.15) is 6.61 Å². The van der Waals surface area contributed by atoms with Gasteiger partial charge in [-0.05, 0) is 18.8 Å². The Morgan fingerprint density at radius 3 is 2.86 bits per heavy atom. The van der Waals surface area contributed by atoms with Crippen LogP contribution in [0.2, 0.25) is 0 Å². The topological polar surface area (TPSA) is 49.9 Å². The van der Waals surface area contributed by atoms with E-state index in [9.17, 15) is 9.59 Å². The van der Waals surface area contributed by atoms with Gasteiger partial charge in [-0.2, -0.15) is 0 Å². The summed E-state index contributed by atoms with van der Waals surface area (Å²) in [5.41, 5.74) is -0.0517. The molecular weight excluding hydrogens is 280 g/mol. The molecule has 0 bridgehead atoms. The molecule has 3 aliphatic rings. The van der Waals surface area contributed by atoms with Crippen molar-refractivity contribution < 1.29 is 14.3 Å². The molecule has 0 N–H and O–H groups in total. The molecule has 2 saturated heterocycles. The van der Waals surface area contributed by atoms with Crippen LogP contribution in [-0.2, 0) is 14.3 Å². The first-order valence-electron chi connectivity index (χ1n) is 8.67. The van der Waals surface area contributed by atoms with Crippen LogP contribution in [0.1, 0.15) is 44.9 Å². The van der Waals surface area contributed by atoms with Gasteiger partial charge >= 0.3 is 0 Å². The lowest BCUT2D eigenvalue weighted by Crippen LogP contribution is -2.41. The lowest BCUT2D eigenvalue weighted by molar-refractivity contribution is -0.132. The Balaban J connectivity index is 1.52. The number of hydrogen-bond acceptors (Lipinski definition) is 3. The van der Waals surface area contributed by atoms with Crippen molar-refractivity contribution in [2.24, 2.45) is 11.3 Å². The van der Waals surface area contributed by atoms with Crippen molar-refractivity contribution in [3.63, 3.8) is 0 Å². The van der Waals surface area contributed by atoms with Crippen molar-refractivity contribution in [1.29, 1.82) is 0 Å². The lowest BCUT2D eigenvalue weighted by Gasteiger charge is -2.30. The summed E-state index contributed by atoms with van der Waals surface area (Å²) in [6.07, 6.45) is 7.97.